The van der Waals surface area contributed by atoms with Crippen LogP contribution < -0.4 is 10.1 Å². The maximum atomic E-state index is 11.3. The molecule has 1 rings (SSSR count). The Morgan fingerprint density at radius 2 is 2.06 bits per heavy atom. The number of ether oxygens (including phenoxy) is 1. The standard InChI is InChI=1S/C11H11Cl2NO4/c12-7-1-2-9(8(13)5-7)18-6-10(15)14-4-3-11(16)17/h1-2,5H,3-4,6H2,(H,14,15)(H,16,17). The summed E-state index contributed by atoms with van der Waals surface area (Å²) in [6.45, 7) is -0.174. The molecule has 0 spiro atoms. The van der Waals surface area contributed by atoms with Gasteiger partial charge in [-0.2, -0.15) is 0 Å². The van der Waals surface area contributed by atoms with Gasteiger partial charge in [-0.05, 0) is 18.2 Å². The van der Waals surface area contributed by atoms with Gasteiger partial charge in [0.1, 0.15) is 5.75 Å². The normalized spacial score (nSPS) is 9.89. The lowest BCUT2D eigenvalue weighted by Gasteiger charge is -2.08. The Balaban J connectivity index is 2.36. The Kier molecular flexibility index (Phi) is 5.74. The number of hydrogen-bond donors (Lipinski definition) is 2. The predicted octanol–water partition coefficient (Wildman–Crippen LogP) is 1.96. The average molecular weight is 292 g/mol. The van der Waals surface area contributed by atoms with Gasteiger partial charge in [0.25, 0.3) is 5.91 Å². The number of amides is 1. The lowest BCUT2D eigenvalue weighted by atomic mass is 10.3. The van der Waals surface area contributed by atoms with Crippen molar-refractivity contribution in [1.29, 1.82) is 0 Å². The first-order chi connectivity index (χ1) is 8.49. The number of hydrogen-bond acceptors (Lipinski definition) is 3. The molecule has 1 aromatic rings. The molecule has 1 amide bonds. The molecular weight excluding hydrogens is 281 g/mol. The lowest BCUT2D eigenvalue weighted by Crippen LogP contribution is -2.30. The molecule has 0 unspecified atom stereocenters. The second kappa shape index (κ2) is 7.08. The number of carboxylic acid groups (broad SMARTS) is 1. The Morgan fingerprint density at radius 3 is 2.67 bits per heavy atom. The molecule has 2 N–H and O–H groups in total. The third kappa shape index (κ3) is 5.25. The summed E-state index contributed by atoms with van der Waals surface area (Å²) in [4.78, 5) is 21.5. The second-order valence-corrected chi connectivity index (χ2v) is 4.20. The predicted molar refractivity (Wildman–Crippen MR) is 67.2 cm³/mol. The van der Waals surface area contributed by atoms with Crippen LogP contribution in [-0.4, -0.2) is 30.1 Å². The summed E-state index contributed by atoms with van der Waals surface area (Å²) in [6.07, 6.45) is -0.132. The molecule has 0 aliphatic heterocycles. The molecule has 5 nitrogen and oxygen atoms in total. The van der Waals surface area contributed by atoms with E-state index in [2.05, 4.69) is 5.32 Å². The Morgan fingerprint density at radius 1 is 1.33 bits per heavy atom. The molecule has 0 aliphatic rings. The fraction of sp³-hybridized carbons (Fsp3) is 0.273. The zero-order valence-corrected chi connectivity index (χ0v) is 10.8. The highest BCUT2D eigenvalue weighted by atomic mass is 35.5. The minimum atomic E-state index is -0.975. The van der Waals surface area contributed by atoms with Crippen LogP contribution in [0.5, 0.6) is 5.75 Å². The van der Waals surface area contributed by atoms with Crippen LogP contribution in [-0.2, 0) is 9.59 Å². The highest BCUT2D eigenvalue weighted by Gasteiger charge is 2.06. The number of aliphatic carboxylic acids is 1. The lowest BCUT2D eigenvalue weighted by molar-refractivity contribution is -0.137. The van der Waals surface area contributed by atoms with Gasteiger partial charge in [0.05, 0.1) is 11.4 Å². The van der Waals surface area contributed by atoms with Gasteiger partial charge in [0.15, 0.2) is 6.61 Å². The number of benzene rings is 1. The molecule has 0 saturated heterocycles. The molecule has 1 aromatic carbocycles. The molecule has 0 aliphatic carbocycles. The molecule has 7 heteroatoms. The van der Waals surface area contributed by atoms with E-state index in [0.717, 1.165) is 0 Å². The van der Waals surface area contributed by atoms with Crippen LogP contribution in [0.15, 0.2) is 18.2 Å². The van der Waals surface area contributed by atoms with E-state index in [1.165, 1.54) is 6.07 Å². The first kappa shape index (κ1) is 14.6. The molecular formula is C11H11Cl2NO4. The van der Waals surface area contributed by atoms with Gasteiger partial charge in [-0.25, -0.2) is 0 Å². The quantitative estimate of drug-likeness (QED) is 0.840. The minimum absolute atomic E-state index is 0.0614. The van der Waals surface area contributed by atoms with Gasteiger partial charge in [-0.3, -0.25) is 9.59 Å². The minimum Gasteiger partial charge on any atom is -0.482 e. The van der Waals surface area contributed by atoms with Crippen LogP contribution >= 0.6 is 23.2 Å². The molecule has 98 valence electrons. The first-order valence-electron chi connectivity index (χ1n) is 5.05. The topological polar surface area (TPSA) is 75.6 Å². The fourth-order valence-electron chi connectivity index (χ4n) is 1.10. The van der Waals surface area contributed by atoms with E-state index in [4.69, 9.17) is 33.0 Å². The molecule has 0 radical (unpaired) electrons. The number of carboxylic acids is 1. The van der Waals surface area contributed by atoms with Crippen molar-refractivity contribution >= 4 is 35.1 Å². The third-order valence-corrected chi connectivity index (χ3v) is 2.44. The van der Waals surface area contributed by atoms with E-state index in [0.29, 0.717) is 15.8 Å². The Hall–Kier alpha value is -1.46. The van der Waals surface area contributed by atoms with Gasteiger partial charge in [0.2, 0.25) is 0 Å². The van der Waals surface area contributed by atoms with Crippen LogP contribution in [0.2, 0.25) is 10.0 Å². The summed E-state index contributed by atoms with van der Waals surface area (Å²) in [5.41, 5.74) is 0. The van der Waals surface area contributed by atoms with Crippen LogP contribution in [0.4, 0.5) is 0 Å². The van der Waals surface area contributed by atoms with E-state index in [9.17, 15) is 9.59 Å². The number of carbonyl (C=O) groups is 2. The van der Waals surface area contributed by atoms with Crippen LogP contribution in [0.3, 0.4) is 0 Å². The van der Waals surface area contributed by atoms with Gasteiger partial charge >= 0.3 is 5.97 Å². The van der Waals surface area contributed by atoms with E-state index in [-0.39, 0.29) is 19.6 Å². The van der Waals surface area contributed by atoms with Crippen LogP contribution in [0.25, 0.3) is 0 Å². The van der Waals surface area contributed by atoms with Gasteiger partial charge in [0, 0.05) is 11.6 Å². The molecule has 0 fully saturated rings. The largest absolute Gasteiger partial charge is 0.482 e. The number of halogens is 2. The molecule has 0 bridgehead atoms. The van der Waals surface area contributed by atoms with Crippen molar-refractivity contribution in [2.45, 2.75) is 6.42 Å². The van der Waals surface area contributed by atoms with Crippen molar-refractivity contribution in [1.82, 2.24) is 5.32 Å². The van der Waals surface area contributed by atoms with Gasteiger partial charge in [-0.15, -0.1) is 0 Å². The number of carbonyl (C=O) groups excluding carboxylic acids is 1. The summed E-state index contributed by atoms with van der Waals surface area (Å²) in [7, 11) is 0. The van der Waals surface area contributed by atoms with Crippen molar-refractivity contribution in [3.05, 3.63) is 28.2 Å². The summed E-state index contributed by atoms with van der Waals surface area (Å²) >= 11 is 11.5. The number of rotatable bonds is 6. The highest BCUT2D eigenvalue weighted by molar-refractivity contribution is 6.35. The highest BCUT2D eigenvalue weighted by Crippen LogP contribution is 2.27. The Labute approximate surface area is 114 Å². The first-order valence-corrected chi connectivity index (χ1v) is 5.81. The van der Waals surface area contributed by atoms with Gasteiger partial charge < -0.3 is 15.2 Å². The fourth-order valence-corrected chi connectivity index (χ4v) is 1.56. The molecule has 0 aromatic heterocycles. The third-order valence-electron chi connectivity index (χ3n) is 1.91. The van der Waals surface area contributed by atoms with Crippen molar-refractivity contribution < 1.29 is 19.4 Å². The molecule has 18 heavy (non-hydrogen) atoms. The summed E-state index contributed by atoms with van der Waals surface area (Å²) in [6, 6.07) is 4.64. The summed E-state index contributed by atoms with van der Waals surface area (Å²) in [5.74, 6) is -1.05. The zero-order chi connectivity index (χ0) is 13.5. The number of nitrogens with one attached hydrogen (secondary N) is 1. The van der Waals surface area contributed by atoms with Gasteiger partial charge in [-0.1, -0.05) is 23.2 Å². The average Bonchev–Trinajstić information content (AvgIpc) is 2.27. The summed E-state index contributed by atoms with van der Waals surface area (Å²) in [5, 5.41) is 11.6. The van der Waals surface area contributed by atoms with E-state index in [1.54, 1.807) is 12.1 Å². The van der Waals surface area contributed by atoms with E-state index < -0.39 is 11.9 Å². The maximum absolute atomic E-state index is 11.3. The molecule has 0 heterocycles. The molecule has 0 atom stereocenters. The second-order valence-electron chi connectivity index (χ2n) is 3.36. The van der Waals surface area contributed by atoms with Crippen LogP contribution in [0, 0.1) is 0 Å². The zero-order valence-electron chi connectivity index (χ0n) is 9.28. The Bertz CT molecular complexity index is 451. The maximum Gasteiger partial charge on any atom is 0.305 e. The van der Waals surface area contributed by atoms with Crippen molar-refractivity contribution in [3.8, 4) is 5.75 Å². The van der Waals surface area contributed by atoms with E-state index >= 15 is 0 Å². The smallest absolute Gasteiger partial charge is 0.305 e. The monoisotopic (exact) mass is 291 g/mol. The SMILES string of the molecule is O=C(O)CCNC(=O)COc1ccc(Cl)cc1Cl. The van der Waals surface area contributed by atoms with Crippen LogP contribution in [0.1, 0.15) is 6.42 Å². The van der Waals surface area contributed by atoms with Crippen molar-refractivity contribution in [2.75, 3.05) is 13.2 Å². The summed E-state index contributed by atoms with van der Waals surface area (Å²) < 4.78 is 5.16. The molecule has 0 saturated carbocycles. The van der Waals surface area contributed by atoms with Crippen molar-refractivity contribution in [3.63, 3.8) is 0 Å². The van der Waals surface area contributed by atoms with E-state index in [1.807, 2.05) is 0 Å². The van der Waals surface area contributed by atoms with Crippen molar-refractivity contribution in [2.24, 2.45) is 0 Å².